The Hall–Kier alpha value is -0.300. The van der Waals surface area contributed by atoms with E-state index in [1.807, 2.05) is 13.8 Å². The monoisotopic (exact) mass is 388 g/mol. The van der Waals surface area contributed by atoms with Crippen LogP contribution in [-0.2, 0) is 18.6 Å². The van der Waals surface area contributed by atoms with Crippen molar-refractivity contribution in [1.82, 2.24) is 9.34 Å². The fourth-order valence-corrected chi connectivity index (χ4v) is 12.5. The van der Waals surface area contributed by atoms with Gasteiger partial charge in [-0.1, -0.05) is 0 Å². The van der Waals surface area contributed by atoms with Crippen LogP contribution >= 0.6 is 7.36 Å². The first kappa shape index (κ1) is 19.0. The van der Waals surface area contributed by atoms with Gasteiger partial charge < -0.3 is 0 Å². The maximum atomic E-state index is 13.1. The zero-order valence-electron chi connectivity index (χ0n) is 16.8. The molecule has 0 saturated carbocycles. The quantitative estimate of drug-likeness (QED) is 0.587. The SMILES string of the molecule is CC(C)[C@H]1COP23([C@@]4(O)C(=O)OCC4(C)C)OC[C@H](C(C)C)N2CCN13. The molecule has 0 radical (unpaired) electrons. The van der Waals surface area contributed by atoms with Gasteiger partial charge in [0.2, 0.25) is 0 Å². The topological polar surface area (TPSA) is 71.5 Å². The Morgan fingerprint density at radius 1 is 1.04 bits per heavy atom. The molecule has 8 heteroatoms. The van der Waals surface area contributed by atoms with E-state index < -0.39 is 24.1 Å². The van der Waals surface area contributed by atoms with Crippen molar-refractivity contribution in [3.05, 3.63) is 0 Å². The molecule has 3 atom stereocenters. The summed E-state index contributed by atoms with van der Waals surface area (Å²) in [4.78, 5) is 13.1. The van der Waals surface area contributed by atoms with Crippen molar-refractivity contribution in [2.24, 2.45) is 17.3 Å². The summed E-state index contributed by atoms with van der Waals surface area (Å²) >= 11 is 0. The third-order valence-electron chi connectivity index (χ3n) is 7.07. The van der Waals surface area contributed by atoms with E-state index in [4.69, 9.17) is 13.8 Å². The summed E-state index contributed by atoms with van der Waals surface area (Å²) in [6.07, 6.45) is 0. The Morgan fingerprint density at radius 2 is 1.50 bits per heavy atom. The van der Waals surface area contributed by atoms with E-state index in [2.05, 4.69) is 37.0 Å². The summed E-state index contributed by atoms with van der Waals surface area (Å²) in [5, 5.41) is 10.4. The van der Waals surface area contributed by atoms with Crippen LogP contribution in [0, 0.1) is 17.3 Å². The molecule has 0 aliphatic carbocycles. The van der Waals surface area contributed by atoms with Gasteiger partial charge in [-0.25, -0.2) is 0 Å². The standard InChI is InChI=1S/C18H33N2O5P/c1-12(2)14-9-24-26(18(22)16(21)23-11-17(18,5)6)19(14)7-8-20(26)15(10-25-26)13(3)4/h12-15,22H,7-11H2,1-6H3/t14-,15-,18+/m1/s1. The van der Waals surface area contributed by atoms with E-state index in [1.54, 1.807) is 0 Å². The van der Waals surface area contributed by atoms with E-state index in [9.17, 15) is 9.90 Å². The van der Waals surface area contributed by atoms with E-state index >= 15 is 0 Å². The number of esters is 1. The Kier molecular flexibility index (Phi) is 3.95. The minimum absolute atomic E-state index is 0.122. The molecule has 0 aromatic carbocycles. The molecule has 7 nitrogen and oxygen atoms in total. The molecule has 4 heterocycles. The molecule has 0 bridgehead atoms. The number of hydrogen-bond donors (Lipinski definition) is 1. The van der Waals surface area contributed by atoms with Gasteiger partial charge in [0.05, 0.1) is 0 Å². The molecule has 4 saturated heterocycles. The van der Waals surface area contributed by atoms with Crippen LogP contribution in [0.3, 0.4) is 0 Å². The number of cyclic esters (lactones) is 1. The van der Waals surface area contributed by atoms with E-state index in [0.29, 0.717) is 25.0 Å². The van der Waals surface area contributed by atoms with Gasteiger partial charge in [0.25, 0.3) is 0 Å². The van der Waals surface area contributed by atoms with Crippen LogP contribution in [0.15, 0.2) is 0 Å². The van der Waals surface area contributed by atoms with Gasteiger partial charge in [-0.05, 0) is 0 Å². The molecular formula is C18H33N2O5P. The van der Waals surface area contributed by atoms with E-state index in [0.717, 1.165) is 13.1 Å². The van der Waals surface area contributed by atoms with Gasteiger partial charge in [-0.3, -0.25) is 0 Å². The van der Waals surface area contributed by atoms with Crippen molar-refractivity contribution in [3.8, 4) is 0 Å². The van der Waals surface area contributed by atoms with E-state index in [1.165, 1.54) is 0 Å². The van der Waals surface area contributed by atoms with Crippen molar-refractivity contribution in [1.29, 1.82) is 0 Å². The normalized spacial score (nSPS) is 42.7. The molecule has 4 rings (SSSR count). The Balaban J connectivity index is 1.97. The van der Waals surface area contributed by atoms with Crippen LogP contribution in [-0.4, -0.2) is 70.8 Å². The van der Waals surface area contributed by atoms with Gasteiger partial charge in [0.1, 0.15) is 0 Å². The molecule has 0 amide bonds. The molecule has 0 aromatic rings. The zero-order chi connectivity index (χ0) is 19.1. The number of aliphatic hydroxyl groups is 1. The molecular weight excluding hydrogens is 355 g/mol. The predicted molar refractivity (Wildman–Crippen MR) is 99.2 cm³/mol. The van der Waals surface area contributed by atoms with Crippen LogP contribution in [0.5, 0.6) is 0 Å². The van der Waals surface area contributed by atoms with Crippen molar-refractivity contribution >= 4 is 13.3 Å². The van der Waals surface area contributed by atoms with Crippen LogP contribution in [0.4, 0.5) is 0 Å². The number of nitrogens with zero attached hydrogens (tertiary/aromatic N) is 2. The van der Waals surface area contributed by atoms with E-state index in [-0.39, 0.29) is 18.7 Å². The summed E-state index contributed by atoms with van der Waals surface area (Å²) in [5.41, 5.74) is -0.791. The number of carbonyl (C=O) groups excluding carboxylic acids is 1. The van der Waals surface area contributed by atoms with Gasteiger partial charge in [-0.15, -0.1) is 0 Å². The fourth-order valence-electron chi connectivity index (χ4n) is 5.52. The molecule has 1 spiro atoms. The Labute approximate surface area is 156 Å². The second-order valence-electron chi connectivity index (χ2n) is 9.55. The maximum absolute atomic E-state index is 13.1. The average Bonchev–Trinajstić information content (AvgIpc) is 3.21. The van der Waals surface area contributed by atoms with Gasteiger partial charge in [0.15, 0.2) is 0 Å². The first-order valence-corrected chi connectivity index (χ1v) is 11.8. The van der Waals surface area contributed by atoms with Crippen LogP contribution < -0.4 is 0 Å². The molecule has 4 aliphatic heterocycles. The second-order valence-corrected chi connectivity index (χ2v) is 13.5. The van der Waals surface area contributed by atoms with Crippen molar-refractivity contribution in [2.45, 2.75) is 59.0 Å². The van der Waals surface area contributed by atoms with Crippen molar-refractivity contribution in [2.75, 3.05) is 32.9 Å². The van der Waals surface area contributed by atoms with Crippen LogP contribution in [0.1, 0.15) is 41.5 Å². The summed E-state index contributed by atoms with van der Waals surface area (Å²) in [6.45, 7) is 15.0. The molecule has 26 heavy (non-hydrogen) atoms. The molecule has 0 unspecified atom stereocenters. The Bertz CT molecular complexity index is 607. The first-order chi connectivity index (χ1) is 12.0. The van der Waals surface area contributed by atoms with Crippen LogP contribution in [0.2, 0.25) is 0 Å². The molecule has 0 aromatic heterocycles. The second kappa shape index (κ2) is 5.40. The number of carbonyl (C=O) groups is 1. The average molecular weight is 388 g/mol. The summed E-state index contributed by atoms with van der Waals surface area (Å²) in [7, 11) is -4.02. The fraction of sp³-hybridized carbons (Fsp3) is 0.944. The molecule has 4 fully saturated rings. The first-order valence-electron chi connectivity index (χ1n) is 9.78. The third-order valence-corrected chi connectivity index (χ3v) is 13.0. The Morgan fingerprint density at radius 3 is 1.85 bits per heavy atom. The summed E-state index contributed by atoms with van der Waals surface area (Å²) in [6, 6.07) is 0.244. The molecule has 150 valence electrons. The number of rotatable bonds is 3. The molecule has 4 aliphatic rings. The van der Waals surface area contributed by atoms with Gasteiger partial charge >= 0.3 is 155 Å². The minimum atomic E-state index is -4.02. The van der Waals surface area contributed by atoms with Crippen molar-refractivity contribution in [3.63, 3.8) is 0 Å². The van der Waals surface area contributed by atoms with Gasteiger partial charge in [-0.2, -0.15) is 0 Å². The van der Waals surface area contributed by atoms with Crippen molar-refractivity contribution < 1.29 is 23.7 Å². The number of ether oxygens (including phenoxy) is 1. The third kappa shape index (κ3) is 1.74. The van der Waals surface area contributed by atoms with Gasteiger partial charge in [0, 0.05) is 0 Å². The summed E-state index contributed by atoms with van der Waals surface area (Å²) in [5.74, 6) is 0.0791. The zero-order valence-corrected chi connectivity index (χ0v) is 17.7. The van der Waals surface area contributed by atoms with Crippen LogP contribution in [0.25, 0.3) is 0 Å². The number of hydrogen-bond acceptors (Lipinski definition) is 7. The molecule has 1 N–H and O–H groups in total. The summed E-state index contributed by atoms with van der Waals surface area (Å²) < 4.78 is 23.2. The predicted octanol–water partition coefficient (Wildman–Crippen LogP) is 2.20.